The molecule has 0 radical (unpaired) electrons. The zero-order valence-electron chi connectivity index (χ0n) is 10.6. The molecule has 0 aliphatic heterocycles. The van der Waals surface area contributed by atoms with Crippen LogP contribution >= 0.6 is 0 Å². The molecule has 1 N–H and O–H groups in total. The third kappa shape index (κ3) is 2.60. The standard InChI is InChI=1S/C15H11F2NO2/c1-9(19)10-4-2-6-13(17)15(10)20-14-7-3-5-12(16)11(14)8-18/h2-7,9,19H,1H3/t9-/m0/s1. The molecule has 0 saturated heterocycles. The molecule has 0 amide bonds. The van der Waals surface area contributed by atoms with Crippen LogP contribution in [0.25, 0.3) is 0 Å². The van der Waals surface area contributed by atoms with Crippen LogP contribution in [0, 0.1) is 23.0 Å². The van der Waals surface area contributed by atoms with E-state index >= 15 is 0 Å². The van der Waals surface area contributed by atoms with Crippen molar-refractivity contribution in [2.24, 2.45) is 0 Å². The Morgan fingerprint density at radius 2 is 1.80 bits per heavy atom. The molecular formula is C15H11F2NO2. The van der Waals surface area contributed by atoms with Crippen LogP contribution < -0.4 is 4.74 Å². The lowest BCUT2D eigenvalue weighted by molar-refractivity contribution is 0.194. The number of ether oxygens (including phenoxy) is 1. The summed E-state index contributed by atoms with van der Waals surface area (Å²) >= 11 is 0. The minimum atomic E-state index is -0.959. The van der Waals surface area contributed by atoms with Gasteiger partial charge in [0.05, 0.1) is 6.10 Å². The van der Waals surface area contributed by atoms with E-state index in [1.165, 1.54) is 31.2 Å². The first-order valence-electron chi connectivity index (χ1n) is 5.87. The monoisotopic (exact) mass is 275 g/mol. The quantitative estimate of drug-likeness (QED) is 0.929. The van der Waals surface area contributed by atoms with Gasteiger partial charge in [0, 0.05) is 5.56 Å². The molecule has 5 heteroatoms. The van der Waals surface area contributed by atoms with Crippen molar-refractivity contribution in [1.82, 2.24) is 0 Å². The number of aliphatic hydroxyl groups is 1. The number of nitriles is 1. The molecule has 0 heterocycles. The van der Waals surface area contributed by atoms with E-state index < -0.39 is 17.7 Å². The predicted molar refractivity (Wildman–Crippen MR) is 68.2 cm³/mol. The summed E-state index contributed by atoms with van der Waals surface area (Å²) in [5.74, 6) is -1.76. The fourth-order valence-electron chi connectivity index (χ4n) is 1.77. The molecular weight excluding hydrogens is 264 g/mol. The van der Waals surface area contributed by atoms with Gasteiger partial charge in [0.25, 0.3) is 0 Å². The number of rotatable bonds is 3. The SMILES string of the molecule is C[C@H](O)c1cccc(F)c1Oc1cccc(F)c1C#N. The first-order chi connectivity index (χ1) is 9.54. The van der Waals surface area contributed by atoms with Gasteiger partial charge in [0.1, 0.15) is 23.2 Å². The lowest BCUT2D eigenvalue weighted by Gasteiger charge is -2.14. The molecule has 1 atom stereocenters. The molecule has 0 fully saturated rings. The van der Waals surface area contributed by atoms with Crippen molar-refractivity contribution in [3.8, 4) is 17.6 Å². The van der Waals surface area contributed by atoms with E-state index in [1.54, 1.807) is 6.07 Å². The van der Waals surface area contributed by atoms with Crippen molar-refractivity contribution in [1.29, 1.82) is 5.26 Å². The molecule has 0 aromatic heterocycles. The first-order valence-corrected chi connectivity index (χ1v) is 5.87. The molecule has 2 rings (SSSR count). The summed E-state index contributed by atoms with van der Waals surface area (Å²) in [6.07, 6.45) is -0.959. The molecule has 2 aromatic carbocycles. The van der Waals surface area contributed by atoms with E-state index in [2.05, 4.69) is 0 Å². The van der Waals surface area contributed by atoms with E-state index in [9.17, 15) is 13.9 Å². The zero-order valence-corrected chi connectivity index (χ0v) is 10.6. The maximum Gasteiger partial charge on any atom is 0.168 e. The molecule has 102 valence electrons. The summed E-state index contributed by atoms with van der Waals surface area (Å²) in [6, 6.07) is 9.58. The number of aliphatic hydroxyl groups excluding tert-OH is 1. The predicted octanol–water partition coefficient (Wildman–Crippen LogP) is 3.68. The summed E-state index contributed by atoms with van der Waals surface area (Å²) in [5, 5.41) is 18.5. The third-order valence-corrected chi connectivity index (χ3v) is 2.75. The van der Waals surface area contributed by atoms with Crippen LogP contribution in [0.4, 0.5) is 8.78 Å². The highest BCUT2D eigenvalue weighted by molar-refractivity contribution is 5.48. The normalized spacial score (nSPS) is 11.8. The van der Waals surface area contributed by atoms with E-state index in [0.717, 1.165) is 12.1 Å². The van der Waals surface area contributed by atoms with Crippen LogP contribution in [0.15, 0.2) is 36.4 Å². The van der Waals surface area contributed by atoms with Crippen LogP contribution in [0.1, 0.15) is 24.2 Å². The Kier molecular flexibility index (Phi) is 3.97. The van der Waals surface area contributed by atoms with Gasteiger partial charge in [-0.05, 0) is 25.1 Å². The van der Waals surface area contributed by atoms with E-state index in [1.807, 2.05) is 0 Å². The van der Waals surface area contributed by atoms with Gasteiger partial charge < -0.3 is 9.84 Å². The Morgan fingerprint density at radius 3 is 2.45 bits per heavy atom. The van der Waals surface area contributed by atoms with Crippen LogP contribution in [-0.2, 0) is 0 Å². The Labute approximate surface area is 114 Å². The number of halogens is 2. The highest BCUT2D eigenvalue weighted by Gasteiger charge is 2.17. The zero-order chi connectivity index (χ0) is 14.7. The van der Waals surface area contributed by atoms with Crippen molar-refractivity contribution in [3.63, 3.8) is 0 Å². The topological polar surface area (TPSA) is 53.2 Å². The van der Waals surface area contributed by atoms with Crippen molar-refractivity contribution >= 4 is 0 Å². The van der Waals surface area contributed by atoms with Crippen molar-refractivity contribution in [2.45, 2.75) is 13.0 Å². The number of benzene rings is 2. The Bertz CT molecular complexity index is 678. The van der Waals surface area contributed by atoms with Gasteiger partial charge in [-0.2, -0.15) is 5.26 Å². The summed E-state index contributed by atoms with van der Waals surface area (Å²) < 4.78 is 32.6. The highest BCUT2D eigenvalue weighted by Crippen LogP contribution is 2.34. The smallest absolute Gasteiger partial charge is 0.168 e. The minimum absolute atomic E-state index is 0.0977. The van der Waals surface area contributed by atoms with Crippen LogP contribution in [0.5, 0.6) is 11.5 Å². The van der Waals surface area contributed by atoms with Gasteiger partial charge >= 0.3 is 0 Å². The molecule has 3 nitrogen and oxygen atoms in total. The Hall–Kier alpha value is -2.45. The van der Waals surface area contributed by atoms with E-state index in [4.69, 9.17) is 10.00 Å². The number of nitrogens with zero attached hydrogens (tertiary/aromatic N) is 1. The maximum absolute atomic E-state index is 13.8. The summed E-state index contributed by atoms with van der Waals surface area (Å²) in [4.78, 5) is 0. The summed E-state index contributed by atoms with van der Waals surface area (Å²) in [6.45, 7) is 1.46. The van der Waals surface area contributed by atoms with Gasteiger partial charge in [-0.25, -0.2) is 8.78 Å². The van der Waals surface area contributed by atoms with E-state index in [-0.39, 0.29) is 22.6 Å². The van der Waals surface area contributed by atoms with Gasteiger partial charge in [0.15, 0.2) is 11.6 Å². The second-order valence-corrected chi connectivity index (χ2v) is 4.16. The highest BCUT2D eigenvalue weighted by atomic mass is 19.1. The van der Waals surface area contributed by atoms with E-state index in [0.29, 0.717) is 0 Å². The average Bonchev–Trinajstić information content (AvgIpc) is 2.41. The minimum Gasteiger partial charge on any atom is -0.452 e. The lowest BCUT2D eigenvalue weighted by atomic mass is 10.1. The van der Waals surface area contributed by atoms with Gasteiger partial charge in [-0.15, -0.1) is 0 Å². The van der Waals surface area contributed by atoms with Crippen molar-refractivity contribution < 1.29 is 18.6 Å². The molecule has 0 saturated carbocycles. The summed E-state index contributed by atoms with van der Waals surface area (Å²) in [5.41, 5.74) is -0.0922. The number of para-hydroxylation sites is 1. The van der Waals surface area contributed by atoms with Crippen LogP contribution in [0.2, 0.25) is 0 Å². The molecule has 0 unspecified atom stereocenters. The fraction of sp³-hybridized carbons (Fsp3) is 0.133. The molecule has 20 heavy (non-hydrogen) atoms. The fourth-order valence-corrected chi connectivity index (χ4v) is 1.77. The maximum atomic E-state index is 13.8. The molecule has 0 bridgehead atoms. The van der Waals surface area contributed by atoms with Crippen molar-refractivity contribution in [2.75, 3.05) is 0 Å². The second-order valence-electron chi connectivity index (χ2n) is 4.16. The largest absolute Gasteiger partial charge is 0.452 e. The number of hydrogen-bond acceptors (Lipinski definition) is 3. The average molecular weight is 275 g/mol. The van der Waals surface area contributed by atoms with Crippen LogP contribution in [-0.4, -0.2) is 5.11 Å². The van der Waals surface area contributed by atoms with Crippen LogP contribution in [0.3, 0.4) is 0 Å². The molecule has 0 aliphatic carbocycles. The lowest BCUT2D eigenvalue weighted by Crippen LogP contribution is -2.00. The third-order valence-electron chi connectivity index (χ3n) is 2.75. The second kappa shape index (κ2) is 5.68. The first kappa shape index (κ1) is 14.0. The van der Waals surface area contributed by atoms with Crippen molar-refractivity contribution in [3.05, 3.63) is 59.2 Å². The summed E-state index contributed by atoms with van der Waals surface area (Å²) in [7, 11) is 0. The molecule has 2 aromatic rings. The van der Waals surface area contributed by atoms with Gasteiger partial charge in [-0.3, -0.25) is 0 Å². The molecule has 0 aliphatic rings. The Balaban J connectivity index is 2.51. The molecule has 0 spiro atoms. The number of hydrogen-bond donors (Lipinski definition) is 1. The van der Waals surface area contributed by atoms with Gasteiger partial charge in [0.2, 0.25) is 0 Å². The Morgan fingerprint density at radius 1 is 1.15 bits per heavy atom. The van der Waals surface area contributed by atoms with Gasteiger partial charge in [-0.1, -0.05) is 18.2 Å².